The normalized spacial score (nSPS) is 33.1. The van der Waals surface area contributed by atoms with Gasteiger partial charge in [-0.2, -0.15) is 0 Å². The lowest BCUT2D eigenvalue weighted by molar-refractivity contribution is -0.146. The van der Waals surface area contributed by atoms with Crippen LogP contribution in [0, 0.1) is 23.2 Å². The van der Waals surface area contributed by atoms with Gasteiger partial charge in [0.25, 0.3) is 0 Å². The number of fused-ring (bicyclic) bond motifs is 1. The summed E-state index contributed by atoms with van der Waals surface area (Å²) in [5.74, 6) is 6.76. The van der Waals surface area contributed by atoms with Gasteiger partial charge >= 0.3 is 5.97 Å². The molecule has 1 saturated carbocycles. The lowest BCUT2D eigenvalue weighted by atomic mass is 9.77. The Hall–Kier alpha value is -0.970. The number of unbranched alkanes of at least 4 members (excludes halogenated alkanes) is 1. The molecular weight excluding hydrogens is 188 g/mol. The molecule has 1 heterocycles. The molecule has 2 aliphatic rings. The van der Waals surface area contributed by atoms with E-state index >= 15 is 0 Å². The fraction of sp³-hybridized carbons (Fsp3) is 0.769. The van der Waals surface area contributed by atoms with Crippen LogP contribution in [0.15, 0.2) is 0 Å². The van der Waals surface area contributed by atoms with Crippen molar-refractivity contribution in [3.8, 4) is 11.8 Å². The number of carbonyl (C=O) groups is 1. The molecular formula is C13H18O2. The first-order valence-electron chi connectivity index (χ1n) is 5.92. The molecule has 2 atom stereocenters. The van der Waals surface area contributed by atoms with Gasteiger partial charge in [-0.05, 0) is 19.3 Å². The first kappa shape index (κ1) is 10.5. The van der Waals surface area contributed by atoms with E-state index in [4.69, 9.17) is 4.74 Å². The fourth-order valence-corrected chi connectivity index (χ4v) is 2.71. The predicted octanol–water partition coefficient (Wildman–Crippen LogP) is 2.52. The Labute approximate surface area is 91.4 Å². The minimum atomic E-state index is -0.221. The van der Waals surface area contributed by atoms with Crippen molar-refractivity contribution in [3.05, 3.63) is 0 Å². The average molecular weight is 206 g/mol. The topological polar surface area (TPSA) is 26.3 Å². The molecule has 0 aromatic heterocycles. The van der Waals surface area contributed by atoms with E-state index in [1.54, 1.807) is 0 Å². The van der Waals surface area contributed by atoms with E-state index in [0.29, 0.717) is 12.5 Å². The molecule has 2 nitrogen and oxygen atoms in total. The highest BCUT2D eigenvalue weighted by Gasteiger charge is 2.54. The van der Waals surface area contributed by atoms with Crippen LogP contribution in [0.1, 0.15) is 45.4 Å². The van der Waals surface area contributed by atoms with E-state index in [-0.39, 0.29) is 11.4 Å². The van der Waals surface area contributed by atoms with E-state index in [0.717, 1.165) is 38.5 Å². The number of hydrogen-bond acceptors (Lipinski definition) is 2. The molecule has 0 bridgehead atoms. The minimum absolute atomic E-state index is 0.01000. The van der Waals surface area contributed by atoms with Crippen LogP contribution < -0.4 is 0 Å². The van der Waals surface area contributed by atoms with Gasteiger partial charge < -0.3 is 4.74 Å². The quantitative estimate of drug-likeness (QED) is 0.512. The van der Waals surface area contributed by atoms with Gasteiger partial charge in [0.2, 0.25) is 0 Å². The van der Waals surface area contributed by atoms with Gasteiger partial charge in [0.1, 0.15) is 0 Å². The summed E-state index contributed by atoms with van der Waals surface area (Å²) in [7, 11) is 0. The summed E-state index contributed by atoms with van der Waals surface area (Å²) in [4.78, 5) is 11.8. The summed E-state index contributed by atoms with van der Waals surface area (Å²) < 4.78 is 5.17. The van der Waals surface area contributed by atoms with Gasteiger partial charge in [0, 0.05) is 18.8 Å². The Bertz CT molecular complexity index is 310. The second-order valence-electron chi connectivity index (χ2n) is 4.62. The zero-order valence-corrected chi connectivity index (χ0v) is 9.34. The molecule has 0 aromatic carbocycles. The Kier molecular flexibility index (Phi) is 3.00. The van der Waals surface area contributed by atoms with E-state index in [1.807, 2.05) is 0 Å². The largest absolute Gasteiger partial charge is 0.465 e. The van der Waals surface area contributed by atoms with Crippen molar-refractivity contribution < 1.29 is 9.53 Å². The summed E-state index contributed by atoms with van der Waals surface area (Å²) in [6.45, 7) is 2.75. The Morgan fingerprint density at radius 3 is 3.20 bits per heavy atom. The van der Waals surface area contributed by atoms with Crippen molar-refractivity contribution in [1.82, 2.24) is 0 Å². The number of rotatable bonds is 2. The summed E-state index contributed by atoms with van der Waals surface area (Å²) in [5, 5.41) is 0. The number of hydrogen-bond donors (Lipinski definition) is 0. The molecule has 0 amide bonds. The fourth-order valence-electron chi connectivity index (χ4n) is 2.71. The van der Waals surface area contributed by atoms with Gasteiger partial charge in [-0.25, -0.2) is 0 Å². The minimum Gasteiger partial charge on any atom is -0.465 e. The lowest BCUT2D eigenvalue weighted by Gasteiger charge is -2.20. The Morgan fingerprint density at radius 2 is 2.40 bits per heavy atom. The molecule has 15 heavy (non-hydrogen) atoms. The zero-order valence-electron chi connectivity index (χ0n) is 9.34. The SMILES string of the molecule is CCCC#CC[C@@]12CCC[C@@H]1COC2=O. The van der Waals surface area contributed by atoms with Crippen molar-refractivity contribution in [2.75, 3.05) is 6.61 Å². The molecule has 1 aliphatic carbocycles. The van der Waals surface area contributed by atoms with Gasteiger partial charge in [-0.15, -0.1) is 11.8 Å². The number of esters is 1. The maximum absolute atomic E-state index is 11.8. The van der Waals surface area contributed by atoms with Crippen molar-refractivity contribution in [2.24, 2.45) is 11.3 Å². The predicted molar refractivity (Wildman–Crippen MR) is 58.0 cm³/mol. The van der Waals surface area contributed by atoms with Gasteiger partial charge in [-0.3, -0.25) is 4.79 Å². The third kappa shape index (κ3) is 1.76. The van der Waals surface area contributed by atoms with E-state index < -0.39 is 0 Å². The highest BCUT2D eigenvalue weighted by molar-refractivity contribution is 5.80. The van der Waals surface area contributed by atoms with Crippen molar-refractivity contribution >= 4 is 5.97 Å². The summed E-state index contributed by atoms with van der Waals surface area (Å²) >= 11 is 0. The maximum Gasteiger partial charge on any atom is 0.313 e. The molecule has 0 radical (unpaired) electrons. The highest BCUT2D eigenvalue weighted by Crippen LogP contribution is 2.50. The second kappa shape index (κ2) is 4.26. The monoisotopic (exact) mass is 206 g/mol. The van der Waals surface area contributed by atoms with Crippen LogP contribution in [0.4, 0.5) is 0 Å². The molecule has 82 valence electrons. The van der Waals surface area contributed by atoms with E-state index in [2.05, 4.69) is 18.8 Å². The highest BCUT2D eigenvalue weighted by atomic mass is 16.5. The molecule has 2 heteroatoms. The van der Waals surface area contributed by atoms with Crippen LogP contribution in [0.5, 0.6) is 0 Å². The van der Waals surface area contributed by atoms with Crippen molar-refractivity contribution in [3.63, 3.8) is 0 Å². The Morgan fingerprint density at radius 1 is 1.53 bits per heavy atom. The average Bonchev–Trinajstić information content (AvgIpc) is 2.76. The molecule has 0 spiro atoms. The zero-order chi connectivity index (χ0) is 10.7. The number of cyclic esters (lactones) is 1. The van der Waals surface area contributed by atoms with Crippen LogP contribution >= 0.6 is 0 Å². The second-order valence-corrected chi connectivity index (χ2v) is 4.62. The summed E-state index contributed by atoms with van der Waals surface area (Å²) in [5.41, 5.74) is -0.221. The molecule has 0 unspecified atom stereocenters. The summed E-state index contributed by atoms with van der Waals surface area (Å²) in [6, 6.07) is 0. The molecule has 0 aromatic rings. The van der Waals surface area contributed by atoms with E-state index in [1.165, 1.54) is 0 Å². The first-order valence-corrected chi connectivity index (χ1v) is 5.92. The van der Waals surface area contributed by atoms with Crippen LogP contribution in [-0.4, -0.2) is 12.6 Å². The van der Waals surface area contributed by atoms with Crippen molar-refractivity contribution in [1.29, 1.82) is 0 Å². The molecule has 1 aliphatic heterocycles. The molecule has 1 saturated heterocycles. The lowest BCUT2D eigenvalue weighted by Crippen LogP contribution is -2.28. The first-order chi connectivity index (χ1) is 7.29. The molecule has 0 N–H and O–H groups in total. The van der Waals surface area contributed by atoms with Crippen LogP contribution in [-0.2, 0) is 9.53 Å². The third-order valence-corrected chi connectivity index (χ3v) is 3.68. The van der Waals surface area contributed by atoms with Crippen LogP contribution in [0.25, 0.3) is 0 Å². The van der Waals surface area contributed by atoms with Crippen LogP contribution in [0.2, 0.25) is 0 Å². The maximum atomic E-state index is 11.8. The van der Waals surface area contributed by atoms with Crippen molar-refractivity contribution in [2.45, 2.75) is 45.4 Å². The standard InChI is InChI=1S/C13H18O2/c1-2-3-4-5-8-13-9-6-7-11(13)10-15-12(13)14/h11H,2-3,6-10H2,1H3/t11-,13-/m1/s1. The molecule has 2 fully saturated rings. The van der Waals surface area contributed by atoms with Crippen LogP contribution in [0.3, 0.4) is 0 Å². The summed E-state index contributed by atoms with van der Waals surface area (Å²) in [6.07, 6.45) is 6.04. The molecule has 2 rings (SSSR count). The van der Waals surface area contributed by atoms with E-state index in [9.17, 15) is 4.79 Å². The number of ether oxygens (including phenoxy) is 1. The third-order valence-electron chi connectivity index (χ3n) is 3.68. The van der Waals surface area contributed by atoms with Gasteiger partial charge in [-0.1, -0.05) is 13.3 Å². The Balaban J connectivity index is 2.04. The smallest absolute Gasteiger partial charge is 0.313 e. The van der Waals surface area contributed by atoms with Gasteiger partial charge in [0.15, 0.2) is 0 Å². The van der Waals surface area contributed by atoms with Gasteiger partial charge in [0.05, 0.1) is 12.0 Å². The number of carbonyl (C=O) groups excluding carboxylic acids is 1.